The molecule has 0 unspecified atom stereocenters. The molecule has 0 aliphatic rings. The second-order valence-electron chi connectivity index (χ2n) is 5.50. The maximum atomic E-state index is 12.4. The monoisotopic (exact) mass is 526 g/mol. The number of carbonyl (C=O) groups is 2. The molecular weight excluding hydrogens is 511 g/mol. The lowest BCUT2D eigenvalue weighted by Crippen LogP contribution is -2.14. The molecule has 0 aliphatic carbocycles. The van der Waals surface area contributed by atoms with Gasteiger partial charge >= 0.3 is 5.97 Å². The van der Waals surface area contributed by atoms with E-state index in [1.54, 1.807) is 36.4 Å². The molecule has 0 saturated carbocycles. The Morgan fingerprint density at radius 2 is 2.00 bits per heavy atom. The number of benzene rings is 2. The third-order valence-corrected chi connectivity index (χ3v) is 4.74. The van der Waals surface area contributed by atoms with Crippen LogP contribution in [0.2, 0.25) is 5.02 Å². The van der Waals surface area contributed by atoms with Crippen molar-refractivity contribution >= 4 is 57.8 Å². The first-order valence-electron chi connectivity index (χ1n) is 8.14. The van der Waals surface area contributed by atoms with Crippen molar-refractivity contribution in [3.8, 4) is 17.6 Å². The molecule has 1 N–H and O–H groups in total. The Labute approximate surface area is 186 Å². The Balaban J connectivity index is 2.29. The number of nitrogens with one attached hydrogen (secondary N) is 1. The topological polar surface area (TPSA) is 97.7 Å². The van der Waals surface area contributed by atoms with E-state index in [-0.39, 0.29) is 12.2 Å². The Hall–Kier alpha value is -2.77. The fourth-order valence-corrected chi connectivity index (χ4v) is 3.18. The highest BCUT2D eigenvalue weighted by molar-refractivity contribution is 14.1. The van der Waals surface area contributed by atoms with E-state index in [1.165, 1.54) is 20.3 Å². The van der Waals surface area contributed by atoms with Crippen LogP contribution in [0.1, 0.15) is 5.56 Å². The first-order chi connectivity index (χ1) is 13.9. The van der Waals surface area contributed by atoms with Crippen molar-refractivity contribution in [2.75, 3.05) is 26.1 Å². The number of hydrogen-bond acceptors (Lipinski definition) is 6. The molecule has 1 amide bonds. The molecule has 0 aliphatic heterocycles. The van der Waals surface area contributed by atoms with Crippen LogP contribution >= 0.6 is 34.2 Å². The van der Waals surface area contributed by atoms with Crippen LogP contribution in [0, 0.1) is 14.9 Å². The standard InChI is InChI=1S/C20H16ClIN2O5/c1-27-17-9-12(8-15(22)19(17)29-11-18(25)28-2)7-13(10-23)20(26)24-16-6-4-3-5-14(16)21/h3-9H,11H2,1-2H3,(H,24,26)/b13-7+. The van der Waals surface area contributed by atoms with Crippen LogP contribution < -0.4 is 14.8 Å². The van der Waals surface area contributed by atoms with E-state index in [0.29, 0.717) is 31.3 Å². The summed E-state index contributed by atoms with van der Waals surface area (Å²) in [5.74, 6) is -0.430. The molecule has 2 aromatic carbocycles. The van der Waals surface area contributed by atoms with Crippen LogP contribution in [-0.2, 0) is 14.3 Å². The van der Waals surface area contributed by atoms with Crippen LogP contribution in [0.3, 0.4) is 0 Å². The van der Waals surface area contributed by atoms with E-state index in [9.17, 15) is 14.9 Å². The molecule has 150 valence electrons. The zero-order chi connectivity index (χ0) is 21.4. The Bertz CT molecular complexity index is 1000. The number of halogens is 2. The summed E-state index contributed by atoms with van der Waals surface area (Å²) in [6, 6.07) is 11.9. The van der Waals surface area contributed by atoms with Crippen molar-refractivity contribution in [1.82, 2.24) is 0 Å². The van der Waals surface area contributed by atoms with E-state index in [4.69, 9.17) is 21.1 Å². The predicted molar refractivity (Wildman–Crippen MR) is 117 cm³/mol. The van der Waals surface area contributed by atoms with Gasteiger partial charge in [-0.3, -0.25) is 4.79 Å². The third kappa shape index (κ3) is 6.10. The molecule has 0 spiro atoms. The summed E-state index contributed by atoms with van der Waals surface area (Å²) in [4.78, 5) is 23.8. The molecule has 0 aromatic heterocycles. The van der Waals surface area contributed by atoms with Gasteiger partial charge in [0.1, 0.15) is 11.6 Å². The van der Waals surface area contributed by atoms with Gasteiger partial charge in [-0.05, 0) is 58.5 Å². The van der Waals surface area contributed by atoms with E-state index in [2.05, 4.69) is 10.1 Å². The molecule has 7 nitrogen and oxygen atoms in total. The van der Waals surface area contributed by atoms with E-state index in [1.807, 2.05) is 28.7 Å². The summed E-state index contributed by atoms with van der Waals surface area (Å²) < 4.78 is 15.9. The number of esters is 1. The van der Waals surface area contributed by atoms with Crippen molar-refractivity contribution in [2.24, 2.45) is 0 Å². The summed E-state index contributed by atoms with van der Waals surface area (Å²) in [5.41, 5.74) is 0.826. The number of nitrogens with zero attached hydrogens (tertiary/aromatic N) is 1. The number of anilines is 1. The predicted octanol–water partition coefficient (Wildman–Crippen LogP) is 4.05. The van der Waals surface area contributed by atoms with Crippen molar-refractivity contribution in [2.45, 2.75) is 0 Å². The quantitative estimate of drug-likeness (QED) is 0.253. The number of rotatable bonds is 7. The summed E-state index contributed by atoms with van der Waals surface area (Å²) in [6.45, 7) is -0.276. The van der Waals surface area contributed by atoms with Gasteiger partial charge in [-0.15, -0.1) is 0 Å². The molecule has 29 heavy (non-hydrogen) atoms. The van der Waals surface area contributed by atoms with Gasteiger partial charge in [-0.25, -0.2) is 4.79 Å². The third-order valence-electron chi connectivity index (χ3n) is 3.61. The van der Waals surface area contributed by atoms with Crippen LogP contribution in [0.4, 0.5) is 5.69 Å². The number of methoxy groups -OCH3 is 2. The van der Waals surface area contributed by atoms with Gasteiger partial charge in [-0.2, -0.15) is 5.26 Å². The van der Waals surface area contributed by atoms with Gasteiger partial charge in [-0.1, -0.05) is 23.7 Å². The molecule has 0 bridgehead atoms. The van der Waals surface area contributed by atoms with E-state index < -0.39 is 11.9 Å². The highest BCUT2D eigenvalue weighted by atomic mass is 127. The smallest absolute Gasteiger partial charge is 0.343 e. The van der Waals surface area contributed by atoms with Gasteiger partial charge in [0.2, 0.25) is 0 Å². The molecule has 2 aromatic rings. The normalized spacial score (nSPS) is 10.7. The number of ether oxygens (including phenoxy) is 3. The van der Waals surface area contributed by atoms with Gasteiger partial charge in [0.25, 0.3) is 5.91 Å². The molecule has 0 fully saturated rings. The average molecular weight is 527 g/mol. The van der Waals surface area contributed by atoms with Crippen molar-refractivity contribution in [3.05, 3.63) is 56.1 Å². The van der Waals surface area contributed by atoms with Crippen LogP contribution in [0.15, 0.2) is 42.0 Å². The molecule has 9 heteroatoms. The number of para-hydroxylation sites is 1. The zero-order valence-electron chi connectivity index (χ0n) is 15.5. The Morgan fingerprint density at radius 3 is 2.62 bits per heavy atom. The second kappa shape index (κ2) is 10.7. The average Bonchev–Trinajstić information content (AvgIpc) is 2.72. The molecule has 0 radical (unpaired) electrons. The van der Waals surface area contributed by atoms with Crippen molar-refractivity contribution < 1.29 is 23.8 Å². The number of carbonyl (C=O) groups excluding carboxylic acids is 2. The SMILES string of the molecule is COC(=O)COc1c(I)cc(/C=C(\C#N)C(=O)Nc2ccccc2Cl)cc1OC. The second-order valence-corrected chi connectivity index (χ2v) is 7.07. The molecule has 0 atom stereocenters. The van der Waals surface area contributed by atoms with Gasteiger partial charge in [0.15, 0.2) is 18.1 Å². The fourth-order valence-electron chi connectivity index (χ4n) is 2.22. The lowest BCUT2D eigenvalue weighted by Gasteiger charge is -2.13. The Morgan fingerprint density at radius 1 is 1.28 bits per heavy atom. The van der Waals surface area contributed by atoms with Crippen molar-refractivity contribution in [1.29, 1.82) is 5.26 Å². The molecule has 2 rings (SSSR count). The highest BCUT2D eigenvalue weighted by Crippen LogP contribution is 2.34. The Kier molecular flexibility index (Phi) is 8.30. The number of hydrogen-bond donors (Lipinski definition) is 1. The van der Waals surface area contributed by atoms with Gasteiger partial charge in [0.05, 0.1) is 28.5 Å². The van der Waals surface area contributed by atoms with Crippen LogP contribution in [-0.4, -0.2) is 32.7 Å². The van der Waals surface area contributed by atoms with Crippen LogP contribution in [0.25, 0.3) is 6.08 Å². The first-order valence-corrected chi connectivity index (χ1v) is 9.60. The summed E-state index contributed by atoms with van der Waals surface area (Å²) in [6.07, 6.45) is 1.42. The van der Waals surface area contributed by atoms with Gasteiger partial charge in [0, 0.05) is 0 Å². The lowest BCUT2D eigenvalue weighted by atomic mass is 10.1. The van der Waals surface area contributed by atoms with Gasteiger partial charge < -0.3 is 19.5 Å². The minimum Gasteiger partial charge on any atom is -0.493 e. The number of nitriles is 1. The molecular formula is C20H16ClIN2O5. The maximum absolute atomic E-state index is 12.4. The molecule has 0 heterocycles. The van der Waals surface area contributed by atoms with E-state index in [0.717, 1.165) is 0 Å². The largest absolute Gasteiger partial charge is 0.493 e. The van der Waals surface area contributed by atoms with Crippen molar-refractivity contribution in [3.63, 3.8) is 0 Å². The minimum atomic E-state index is -0.597. The zero-order valence-corrected chi connectivity index (χ0v) is 18.4. The summed E-state index contributed by atoms with van der Waals surface area (Å²) in [7, 11) is 2.71. The fraction of sp³-hybridized carbons (Fsp3) is 0.150. The highest BCUT2D eigenvalue weighted by Gasteiger charge is 2.15. The number of amides is 1. The van der Waals surface area contributed by atoms with E-state index >= 15 is 0 Å². The lowest BCUT2D eigenvalue weighted by molar-refractivity contribution is -0.142. The minimum absolute atomic E-state index is 0.119. The van der Waals surface area contributed by atoms with Crippen LogP contribution in [0.5, 0.6) is 11.5 Å². The maximum Gasteiger partial charge on any atom is 0.343 e. The summed E-state index contributed by atoms with van der Waals surface area (Å²) in [5, 5.41) is 12.4. The molecule has 0 saturated heterocycles. The summed E-state index contributed by atoms with van der Waals surface area (Å²) >= 11 is 8.04. The first kappa shape index (κ1) is 22.5.